The molecule has 1 atom stereocenters. The first-order valence-electron chi connectivity index (χ1n) is 9.54. The van der Waals surface area contributed by atoms with Crippen LogP contribution in [0.25, 0.3) is 0 Å². The zero-order valence-corrected chi connectivity index (χ0v) is 17.0. The van der Waals surface area contributed by atoms with E-state index >= 15 is 0 Å². The zero-order chi connectivity index (χ0) is 19.7. The summed E-state index contributed by atoms with van der Waals surface area (Å²) in [5.41, 5.74) is 2.84. The molecule has 1 saturated heterocycles. The van der Waals surface area contributed by atoms with Crippen molar-refractivity contribution < 1.29 is 14.3 Å². The van der Waals surface area contributed by atoms with E-state index in [0.717, 1.165) is 42.9 Å². The Labute approximate surface area is 170 Å². The third kappa shape index (κ3) is 3.17. The number of carbonyl (C=O) groups excluding carboxylic acids is 1. The van der Waals surface area contributed by atoms with Gasteiger partial charge in [0.05, 0.1) is 24.2 Å². The second-order valence-electron chi connectivity index (χ2n) is 7.48. The molecular weight excluding hydrogens is 376 g/mol. The SMILES string of the molecule is COCCN1C(=O)C2(CCN(Cc3ccc(OC)c(Cl)c3)C2)c2ccccc21. The zero-order valence-electron chi connectivity index (χ0n) is 16.3. The minimum absolute atomic E-state index is 0.195. The molecule has 1 amide bonds. The molecule has 0 aliphatic carbocycles. The second kappa shape index (κ2) is 7.74. The van der Waals surface area contributed by atoms with Crippen LogP contribution in [0, 0.1) is 0 Å². The second-order valence-corrected chi connectivity index (χ2v) is 7.89. The number of methoxy groups -OCH3 is 2. The average molecular weight is 401 g/mol. The Balaban J connectivity index is 1.56. The van der Waals surface area contributed by atoms with Crippen molar-refractivity contribution in [1.82, 2.24) is 4.90 Å². The van der Waals surface area contributed by atoms with E-state index in [4.69, 9.17) is 21.1 Å². The Bertz CT molecular complexity index is 888. The van der Waals surface area contributed by atoms with Crippen LogP contribution in [0.4, 0.5) is 5.69 Å². The summed E-state index contributed by atoms with van der Waals surface area (Å²) >= 11 is 6.28. The lowest BCUT2D eigenvalue weighted by atomic mass is 9.81. The van der Waals surface area contributed by atoms with Gasteiger partial charge in [0, 0.05) is 32.4 Å². The number of hydrogen-bond donors (Lipinski definition) is 0. The summed E-state index contributed by atoms with van der Waals surface area (Å²) in [6, 6.07) is 14.0. The van der Waals surface area contributed by atoms with E-state index in [1.807, 2.05) is 41.3 Å². The van der Waals surface area contributed by atoms with Crippen LogP contribution in [0.1, 0.15) is 17.5 Å². The molecule has 148 valence electrons. The number of nitrogens with zero attached hydrogens (tertiary/aromatic N) is 2. The van der Waals surface area contributed by atoms with Crippen LogP contribution < -0.4 is 9.64 Å². The number of halogens is 1. The molecule has 0 N–H and O–H groups in total. The van der Waals surface area contributed by atoms with Crippen LogP contribution in [0.15, 0.2) is 42.5 Å². The highest BCUT2D eigenvalue weighted by molar-refractivity contribution is 6.32. The van der Waals surface area contributed by atoms with Crippen molar-refractivity contribution in [3.8, 4) is 5.75 Å². The quantitative estimate of drug-likeness (QED) is 0.744. The van der Waals surface area contributed by atoms with Gasteiger partial charge in [0.15, 0.2) is 0 Å². The van der Waals surface area contributed by atoms with Gasteiger partial charge in [0.2, 0.25) is 5.91 Å². The van der Waals surface area contributed by atoms with E-state index in [1.165, 1.54) is 0 Å². The van der Waals surface area contributed by atoms with Crippen LogP contribution in [0.5, 0.6) is 5.75 Å². The van der Waals surface area contributed by atoms with E-state index in [-0.39, 0.29) is 5.91 Å². The van der Waals surface area contributed by atoms with E-state index < -0.39 is 5.41 Å². The van der Waals surface area contributed by atoms with E-state index in [1.54, 1.807) is 14.2 Å². The average Bonchev–Trinajstić information content (AvgIpc) is 3.22. The number of para-hydroxylation sites is 1. The lowest BCUT2D eigenvalue weighted by Gasteiger charge is -2.24. The van der Waals surface area contributed by atoms with Gasteiger partial charge >= 0.3 is 0 Å². The minimum Gasteiger partial charge on any atom is -0.495 e. The molecule has 0 aromatic heterocycles. The summed E-state index contributed by atoms with van der Waals surface area (Å²) in [5, 5.41) is 0.613. The number of likely N-dealkylation sites (tertiary alicyclic amines) is 1. The number of amides is 1. The lowest BCUT2D eigenvalue weighted by molar-refractivity contribution is -0.123. The van der Waals surface area contributed by atoms with Crippen molar-refractivity contribution in [2.24, 2.45) is 0 Å². The highest BCUT2D eigenvalue weighted by Gasteiger charge is 2.53. The molecule has 2 aliphatic rings. The van der Waals surface area contributed by atoms with E-state index in [9.17, 15) is 4.79 Å². The maximum Gasteiger partial charge on any atom is 0.239 e. The van der Waals surface area contributed by atoms with Crippen molar-refractivity contribution in [2.75, 3.05) is 45.4 Å². The van der Waals surface area contributed by atoms with Crippen molar-refractivity contribution in [3.63, 3.8) is 0 Å². The number of anilines is 1. The first kappa shape index (κ1) is 19.2. The number of carbonyl (C=O) groups is 1. The molecule has 2 aromatic rings. The van der Waals surface area contributed by atoms with Gasteiger partial charge in [-0.1, -0.05) is 35.9 Å². The fourth-order valence-corrected chi connectivity index (χ4v) is 4.77. The van der Waals surface area contributed by atoms with Gasteiger partial charge in [0.1, 0.15) is 5.75 Å². The van der Waals surface area contributed by atoms with Gasteiger partial charge in [-0.15, -0.1) is 0 Å². The maximum atomic E-state index is 13.4. The van der Waals surface area contributed by atoms with Gasteiger partial charge in [-0.2, -0.15) is 0 Å². The highest BCUT2D eigenvalue weighted by atomic mass is 35.5. The number of ether oxygens (including phenoxy) is 2. The molecule has 1 fully saturated rings. The maximum absolute atomic E-state index is 13.4. The number of fused-ring (bicyclic) bond motifs is 2. The summed E-state index contributed by atoms with van der Waals surface area (Å²) in [5.74, 6) is 0.873. The lowest BCUT2D eigenvalue weighted by Crippen LogP contribution is -2.43. The fraction of sp³-hybridized carbons (Fsp3) is 0.409. The van der Waals surface area contributed by atoms with E-state index in [2.05, 4.69) is 11.0 Å². The molecule has 0 radical (unpaired) electrons. The monoisotopic (exact) mass is 400 g/mol. The van der Waals surface area contributed by atoms with Crippen LogP contribution in [-0.4, -0.2) is 51.3 Å². The Kier molecular flexibility index (Phi) is 5.32. The smallest absolute Gasteiger partial charge is 0.239 e. The number of rotatable bonds is 6. The van der Waals surface area contributed by atoms with Crippen molar-refractivity contribution >= 4 is 23.2 Å². The highest BCUT2D eigenvalue weighted by Crippen LogP contribution is 2.47. The Morgan fingerprint density at radius 2 is 2.00 bits per heavy atom. The molecule has 1 unspecified atom stereocenters. The van der Waals surface area contributed by atoms with Gasteiger partial charge in [-0.05, 0) is 42.3 Å². The van der Waals surface area contributed by atoms with Crippen LogP contribution in [0.3, 0.4) is 0 Å². The van der Waals surface area contributed by atoms with Crippen LogP contribution >= 0.6 is 11.6 Å². The molecule has 2 aromatic carbocycles. The molecule has 6 heteroatoms. The Morgan fingerprint density at radius 3 is 2.75 bits per heavy atom. The molecule has 0 saturated carbocycles. The Hall–Kier alpha value is -2.08. The first-order valence-corrected chi connectivity index (χ1v) is 9.92. The van der Waals surface area contributed by atoms with Crippen molar-refractivity contribution in [3.05, 3.63) is 58.6 Å². The van der Waals surface area contributed by atoms with Crippen molar-refractivity contribution in [2.45, 2.75) is 18.4 Å². The third-order valence-electron chi connectivity index (χ3n) is 5.85. The molecular formula is C22H25ClN2O3. The van der Waals surface area contributed by atoms with Gasteiger partial charge in [-0.3, -0.25) is 9.69 Å². The molecule has 28 heavy (non-hydrogen) atoms. The molecule has 4 rings (SSSR count). The topological polar surface area (TPSA) is 42.0 Å². The normalized spacial score (nSPS) is 21.5. The molecule has 5 nitrogen and oxygen atoms in total. The van der Waals surface area contributed by atoms with Crippen LogP contribution in [0.2, 0.25) is 5.02 Å². The van der Waals surface area contributed by atoms with Gasteiger partial charge in [0.25, 0.3) is 0 Å². The molecule has 1 spiro atoms. The molecule has 2 heterocycles. The summed E-state index contributed by atoms with van der Waals surface area (Å²) in [6.45, 7) is 3.48. The van der Waals surface area contributed by atoms with Gasteiger partial charge in [-0.25, -0.2) is 0 Å². The first-order chi connectivity index (χ1) is 13.6. The largest absolute Gasteiger partial charge is 0.495 e. The fourth-order valence-electron chi connectivity index (χ4n) is 4.49. The third-order valence-corrected chi connectivity index (χ3v) is 6.15. The molecule has 0 bridgehead atoms. The van der Waals surface area contributed by atoms with E-state index in [0.29, 0.717) is 23.9 Å². The Morgan fingerprint density at radius 1 is 1.18 bits per heavy atom. The molecule has 2 aliphatic heterocycles. The predicted molar refractivity (Wildman–Crippen MR) is 110 cm³/mol. The summed E-state index contributed by atoms with van der Waals surface area (Å²) in [7, 11) is 3.28. The number of hydrogen-bond acceptors (Lipinski definition) is 4. The summed E-state index contributed by atoms with van der Waals surface area (Å²) in [4.78, 5) is 17.7. The predicted octanol–water partition coefficient (Wildman–Crippen LogP) is 3.49. The van der Waals surface area contributed by atoms with Gasteiger partial charge < -0.3 is 14.4 Å². The van der Waals surface area contributed by atoms with Crippen molar-refractivity contribution in [1.29, 1.82) is 0 Å². The number of benzene rings is 2. The summed E-state index contributed by atoms with van der Waals surface area (Å²) < 4.78 is 10.5. The van der Waals surface area contributed by atoms with Crippen LogP contribution in [-0.2, 0) is 21.5 Å². The minimum atomic E-state index is -0.458. The summed E-state index contributed by atoms with van der Waals surface area (Å²) in [6.07, 6.45) is 0.830. The standard InChI is InChI=1S/C22H25ClN2O3/c1-27-12-11-25-19-6-4-3-5-17(19)22(21(25)26)9-10-24(15-22)14-16-7-8-20(28-2)18(23)13-16/h3-8,13H,9-12,14-15H2,1-2H3.